The van der Waals surface area contributed by atoms with E-state index in [1.54, 1.807) is 12.5 Å². The van der Waals surface area contributed by atoms with Crippen molar-refractivity contribution in [2.45, 2.75) is 19.4 Å². The van der Waals surface area contributed by atoms with Gasteiger partial charge in [-0.05, 0) is 24.9 Å². The topological polar surface area (TPSA) is 42.4 Å². The van der Waals surface area contributed by atoms with Gasteiger partial charge in [-0.2, -0.15) is 0 Å². The van der Waals surface area contributed by atoms with Crippen LogP contribution in [0.15, 0.2) is 23.0 Å². The molecule has 0 bridgehead atoms. The third-order valence-corrected chi connectivity index (χ3v) is 3.05. The summed E-state index contributed by atoms with van der Waals surface area (Å²) in [4.78, 5) is 2.45. The molecule has 0 amide bonds. The standard InChI is InChI=1S/C11H18N2O/c1-9-2-4-13(7-9)11(6-12)10-3-5-14-8-10/h3,5,8-9,11H,2,4,6-7,12H2,1H3. The van der Waals surface area contributed by atoms with E-state index in [-0.39, 0.29) is 0 Å². The average molecular weight is 194 g/mol. The number of furan rings is 1. The first-order chi connectivity index (χ1) is 6.81. The van der Waals surface area contributed by atoms with Crippen LogP contribution in [0.3, 0.4) is 0 Å². The predicted octanol–water partition coefficient (Wildman–Crippen LogP) is 1.62. The summed E-state index contributed by atoms with van der Waals surface area (Å²) in [6, 6.07) is 2.36. The molecule has 2 N–H and O–H groups in total. The van der Waals surface area contributed by atoms with Gasteiger partial charge < -0.3 is 10.2 Å². The quantitative estimate of drug-likeness (QED) is 0.795. The molecular weight excluding hydrogens is 176 g/mol. The smallest absolute Gasteiger partial charge is 0.0950 e. The highest BCUT2D eigenvalue weighted by molar-refractivity contribution is 5.12. The molecule has 3 heteroatoms. The van der Waals surface area contributed by atoms with E-state index < -0.39 is 0 Å². The molecule has 1 aliphatic heterocycles. The summed E-state index contributed by atoms with van der Waals surface area (Å²) in [7, 11) is 0. The summed E-state index contributed by atoms with van der Waals surface area (Å²) in [5, 5.41) is 0. The van der Waals surface area contributed by atoms with Crippen molar-refractivity contribution in [3.63, 3.8) is 0 Å². The van der Waals surface area contributed by atoms with E-state index >= 15 is 0 Å². The minimum atomic E-state index is 0.346. The normalized spacial score (nSPS) is 25.4. The second-order valence-corrected chi connectivity index (χ2v) is 4.20. The SMILES string of the molecule is CC1CCN(C(CN)c2ccoc2)C1. The summed E-state index contributed by atoms with van der Waals surface area (Å²) < 4.78 is 5.10. The van der Waals surface area contributed by atoms with Crippen LogP contribution in [0.4, 0.5) is 0 Å². The Balaban J connectivity index is 2.07. The van der Waals surface area contributed by atoms with Gasteiger partial charge >= 0.3 is 0 Å². The average Bonchev–Trinajstić information content (AvgIpc) is 2.79. The minimum absolute atomic E-state index is 0.346. The zero-order valence-corrected chi connectivity index (χ0v) is 8.65. The number of rotatable bonds is 3. The summed E-state index contributed by atoms with van der Waals surface area (Å²) in [6.07, 6.45) is 4.81. The van der Waals surface area contributed by atoms with Gasteiger partial charge in [-0.25, -0.2) is 0 Å². The Bertz CT molecular complexity index is 271. The second-order valence-electron chi connectivity index (χ2n) is 4.20. The third kappa shape index (κ3) is 1.83. The van der Waals surface area contributed by atoms with Gasteiger partial charge in [0.15, 0.2) is 0 Å². The molecule has 0 aliphatic carbocycles. The maximum Gasteiger partial charge on any atom is 0.0950 e. The lowest BCUT2D eigenvalue weighted by Crippen LogP contribution is -2.31. The first-order valence-electron chi connectivity index (χ1n) is 5.27. The van der Waals surface area contributed by atoms with E-state index in [4.69, 9.17) is 10.2 Å². The van der Waals surface area contributed by atoms with Crippen LogP contribution in [0.2, 0.25) is 0 Å². The molecule has 2 unspecified atom stereocenters. The Morgan fingerprint density at radius 3 is 3.07 bits per heavy atom. The predicted molar refractivity (Wildman–Crippen MR) is 55.9 cm³/mol. The molecule has 0 spiro atoms. The van der Waals surface area contributed by atoms with Gasteiger partial charge in [0.1, 0.15) is 0 Å². The van der Waals surface area contributed by atoms with E-state index in [1.807, 2.05) is 6.07 Å². The van der Waals surface area contributed by atoms with Gasteiger partial charge in [-0.15, -0.1) is 0 Å². The molecule has 1 fully saturated rings. The molecule has 2 rings (SSSR count). The number of likely N-dealkylation sites (tertiary alicyclic amines) is 1. The molecule has 14 heavy (non-hydrogen) atoms. The van der Waals surface area contributed by atoms with Crippen LogP contribution in [0.25, 0.3) is 0 Å². The minimum Gasteiger partial charge on any atom is -0.472 e. The molecule has 2 heterocycles. The molecule has 78 valence electrons. The molecule has 1 aromatic heterocycles. The lowest BCUT2D eigenvalue weighted by atomic mass is 10.1. The van der Waals surface area contributed by atoms with Crippen LogP contribution in [0.1, 0.15) is 24.9 Å². The summed E-state index contributed by atoms with van der Waals surface area (Å²) >= 11 is 0. The molecule has 0 saturated carbocycles. The van der Waals surface area contributed by atoms with Gasteiger partial charge in [0.2, 0.25) is 0 Å². The van der Waals surface area contributed by atoms with E-state index in [2.05, 4.69) is 11.8 Å². The van der Waals surface area contributed by atoms with Crippen molar-refractivity contribution >= 4 is 0 Å². The maximum atomic E-state index is 5.81. The maximum absolute atomic E-state index is 5.81. The second kappa shape index (κ2) is 4.15. The number of hydrogen-bond donors (Lipinski definition) is 1. The highest BCUT2D eigenvalue weighted by atomic mass is 16.3. The van der Waals surface area contributed by atoms with E-state index in [1.165, 1.54) is 12.0 Å². The van der Waals surface area contributed by atoms with E-state index in [9.17, 15) is 0 Å². The Labute approximate surface area is 84.9 Å². The van der Waals surface area contributed by atoms with Crippen molar-refractivity contribution in [3.05, 3.63) is 24.2 Å². The van der Waals surface area contributed by atoms with Crippen LogP contribution in [-0.4, -0.2) is 24.5 Å². The zero-order valence-electron chi connectivity index (χ0n) is 8.65. The lowest BCUT2D eigenvalue weighted by molar-refractivity contribution is 0.242. The van der Waals surface area contributed by atoms with E-state index in [0.717, 1.165) is 19.0 Å². The molecule has 0 radical (unpaired) electrons. The Morgan fingerprint density at radius 1 is 1.71 bits per heavy atom. The first-order valence-corrected chi connectivity index (χ1v) is 5.27. The largest absolute Gasteiger partial charge is 0.472 e. The molecule has 0 aromatic carbocycles. The number of hydrogen-bond acceptors (Lipinski definition) is 3. The van der Waals surface area contributed by atoms with Gasteiger partial charge in [-0.3, -0.25) is 4.90 Å². The summed E-state index contributed by atoms with van der Waals surface area (Å²) in [6.45, 7) is 5.29. The van der Waals surface area contributed by atoms with Crippen LogP contribution in [0, 0.1) is 5.92 Å². The van der Waals surface area contributed by atoms with Crippen molar-refractivity contribution in [2.24, 2.45) is 11.7 Å². The zero-order chi connectivity index (χ0) is 9.97. The third-order valence-electron chi connectivity index (χ3n) is 3.05. The van der Waals surface area contributed by atoms with Gasteiger partial charge in [0.05, 0.1) is 18.6 Å². The molecule has 1 aromatic rings. The van der Waals surface area contributed by atoms with E-state index in [0.29, 0.717) is 12.6 Å². The van der Waals surface area contributed by atoms with Crippen LogP contribution < -0.4 is 5.73 Å². The fourth-order valence-corrected chi connectivity index (χ4v) is 2.21. The van der Waals surface area contributed by atoms with Gasteiger partial charge in [0, 0.05) is 18.7 Å². The van der Waals surface area contributed by atoms with Crippen LogP contribution in [0.5, 0.6) is 0 Å². The molecule has 1 saturated heterocycles. The first kappa shape index (κ1) is 9.74. The molecular formula is C11H18N2O. The van der Waals surface area contributed by atoms with Crippen LogP contribution >= 0.6 is 0 Å². The van der Waals surface area contributed by atoms with Gasteiger partial charge in [0.25, 0.3) is 0 Å². The van der Waals surface area contributed by atoms with Gasteiger partial charge in [-0.1, -0.05) is 6.92 Å². The Kier molecular flexibility index (Phi) is 2.89. The fourth-order valence-electron chi connectivity index (χ4n) is 2.21. The number of nitrogens with two attached hydrogens (primary N) is 1. The molecule has 1 aliphatic rings. The lowest BCUT2D eigenvalue weighted by Gasteiger charge is -2.25. The monoisotopic (exact) mass is 194 g/mol. The fraction of sp³-hybridized carbons (Fsp3) is 0.636. The summed E-state index contributed by atoms with van der Waals surface area (Å²) in [5.74, 6) is 0.802. The van der Waals surface area contributed by atoms with Crippen molar-refractivity contribution in [1.29, 1.82) is 0 Å². The highest BCUT2D eigenvalue weighted by Gasteiger charge is 2.26. The Morgan fingerprint density at radius 2 is 2.57 bits per heavy atom. The van der Waals surface area contributed by atoms with Crippen molar-refractivity contribution in [1.82, 2.24) is 4.90 Å². The Hall–Kier alpha value is -0.800. The number of nitrogens with zero attached hydrogens (tertiary/aromatic N) is 1. The summed E-state index contributed by atoms with van der Waals surface area (Å²) in [5.41, 5.74) is 7.02. The van der Waals surface area contributed by atoms with Crippen molar-refractivity contribution in [3.8, 4) is 0 Å². The van der Waals surface area contributed by atoms with Crippen molar-refractivity contribution in [2.75, 3.05) is 19.6 Å². The molecule has 2 atom stereocenters. The van der Waals surface area contributed by atoms with Crippen LogP contribution in [-0.2, 0) is 0 Å². The molecule has 3 nitrogen and oxygen atoms in total. The van der Waals surface area contributed by atoms with Crippen molar-refractivity contribution < 1.29 is 4.42 Å². The highest BCUT2D eigenvalue weighted by Crippen LogP contribution is 2.26.